The molecule has 1 aromatic heterocycles. The first kappa shape index (κ1) is 12.1. The maximum Gasteiger partial charge on any atom is 0.338 e. The summed E-state index contributed by atoms with van der Waals surface area (Å²) >= 11 is 9.33. The lowest BCUT2D eigenvalue weighted by Crippen LogP contribution is -1.98. The molecule has 2 aromatic rings. The SMILES string of the molecule is Cc1cc(Br)c(Cl)cc1-n1cc(C(=O)O)cn1. The molecule has 0 radical (unpaired) electrons. The maximum atomic E-state index is 10.8. The Kier molecular flexibility index (Phi) is 3.22. The smallest absolute Gasteiger partial charge is 0.338 e. The summed E-state index contributed by atoms with van der Waals surface area (Å²) in [5.41, 5.74) is 1.84. The summed E-state index contributed by atoms with van der Waals surface area (Å²) in [6, 6.07) is 3.60. The summed E-state index contributed by atoms with van der Waals surface area (Å²) in [5.74, 6) is -1.00. The first-order valence-electron chi connectivity index (χ1n) is 4.73. The highest BCUT2D eigenvalue weighted by Gasteiger charge is 2.10. The number of carbonyl (C=O) groups is 1. The van der Waals surface area contributed by atoms with Crippen molar-refractivity contribution in [3.63, 3.8) is 0 Å². The monoisotopic (exact) mass is 314 g/mol. The molecule has 0 aliphatic heterocycles. The summed E-state index contributed by atoms with van der Waals surface area (Å²) in [7, 11) is 0. The Hall–Kier alpha value is -1.33. The molecule has 17 heavy (non-hydrogen) atoms. The zero-order valence-corrected chi connectivity index (χ0v) is 11.2. The molecule has 0 bridgehead atoms. The number of nitrogens with zero attached hydrogens (tertiary/aromatic N) is 2. The Morgan fingerprint density at radius 2 is 2.24 bits per heavy atom. The lowest BCUT2D eigenvalue weighted by atomic mass is 10.2. The third kappa shape index (κ3) is 2.35. The molecule has 1 heterocycles. The van der Waals surface area contributed by atoms with Crippen LogP contribution < -0.4 is 0 Å². The molecule has 0 unspecified atom stereocenters. The Bertz CT molecular complexity index is 595. The molecule has 1 N–H and O–H groups in total. The van der Waals surface area contributed by atoms with Crippen LogP contribution in [0.1, 0.15) is 15.9 Å². The van der Waals surface area contributed by atoms with Gasteiger partial charge in [0.15, 0.2) is 0 Å². The second-order valence-electron chi connectivity index (χ2n) is 3.53. The first-order valence-corrected chi connectivity index (χ1v) is 5.90. The van der Waals surface area contributed by atoms with Crippen LogP contribution in [0.3, 0.4) is 0 Å². The fraction of sp³-hybridized carbons (Fsp3) is 0.0909. The Labute approximate surface area is 111 Å². The second kappa shape index (κ2) is 4.50. The third-order valence-corrected chi connectivity index (χ3v) is 3.51. The van der Waals surface area contributed by atoms with Crippen LogP contribution in [0.25, 0.3) is 5.69 Å². The molecule has 0 saturated carbocycles. The van der Waals surface area contributed by atoms with Crippen LogP contribution in [0.5, 0.6) is 0 Å². The van der Waals surface area contributed by atoms with E-state index >= 15 is 0 Å². The zero-order chi connectivity index (χ0) is 12.6. The van der Waals surface area contributed by atoms with Crippen LogP contribution in [0.4, 0.5) is 0 Å². The van der Waals surface area contributed by atoms with Gasteiger partial charge in [-0.2, -0.15) is 5.10 Å². The molecule has 1 aromatic carbocycles. The van der Waals surface area contributed by atoms with Crippen LogP contribution in [-0.2, 0) is 0 Å². The first-order chi connectivity index (χ1) is 7.99. The van der Waals surface area contributed by atoms with Crippen molar-refractivity contribution in [3.05, 3.63) is 45.1 Å². The van der Waals surface area contributed by atoms with Crippen molar-refractivity contribution in [2.45, 2.75) is 6.92 Å². The van der Waals surface area contributed by atoms with E-state index in [1.165, 1.54) is 17.1 Å². The fourth-order valence-electron chi connectivity index (χ4n) is 1.45. The van der Waals surface area contributed by atoms with E-state index in [4.69, 9.17) is 16.7 Å². The summed E-state index contributed by atoms with van der Waals surface area (Å²) in [5, 5.41) is 13.4. The Morgan fingerprint density at radius 1 is 1.53 bits per heavy atom. The minimum atomic E-state index is -1.00. The number of halogens is 2. The predicted molar refractivity (Wildman–Crippen MR) is 68.0 cm³/mol. The van der Waals surface area contributed by atoms with Gasteiger partial charge in [0.2, 0.25) is 0 Å². The van der Waals surface area contributed by atoms with Gasteiger partial charge in [0.05, 0.1) is 22.5 Å². The number of aromatic nitrogens is 2. The average Bonchev–Trinajstić information content (AvgIpc) is 2.72. The molecule has 88 valence electrons. The molecule has 6 heteroatoms. The van der Waals surface area contributed by atoms with Gasteiger partial charge in [-0.15, -0.1) is 0 Å². The summed E-state index contributed by atoms with van der Waals surface area (Å²) < 4.78 is 2.29. The van der Waals surface area contributed by atoms with Gasteiger partial charge in [-0.1, -0.05) is 11.6 Å². The van der Waals surface area contributed by atoms with Crippen molar-refractivity contribution in [2.75, 3.05) is 0 Å². The van der Waals surface area contributed by atoms with E-state index in [0.717, 1.165) is 15.7 Å². The van der Waals surface area contributed by atoms with Gasteiger partial charge in [0.25, 0.3) is 0 Å². The quantitative estimate of drug-likeness (QED) is 0.925. The van der Waals surface area contributed by atoms with E-state index in [1.807, 2.05) is 13.0 Å². The highest BCUT2D eigenvalue weighted by molar-refractivity contribution is 9.10. The topological polar surface area (TPSA) is 55.1 Å². The molecule has 4 nitrogen and oxygen atoms in total. The van der Waals surface area contributed by atoms with Gasteiger partial charge in [-0.05, 0) is 40.5 Å². The predicted octanol–water partition coefficient (Wildman–Crippen LogP) is 3.29. The van der Waals surface area contributed by atoms with Crippen LogP contribution in [0, 0.1) is 6.92 Å². The summed E-state index contributed by atoms with van der Waals surface area (Å²) in [6.45, 7) is 1.90. The molecular weight excluding hydrogens is 307 g/mol. The number of rotatable bonds is 2. The lowest BCUT2D eigenvalue weighted by molar-refractivity contribution is 0.0697. The van der Waals surface area contributed by atoms with E-state index < -0.39 is 5.97 Å². The van der Waals surface area contributed by atoms with Crippen molar-refractivity contribution < 1.29 is 9.90 Å². The normalized spacial score (nSPS) is 10.5. The van der Waals surface area contributed by atoms with E-state index in [2.05, 4.69) is 21.0 Å². The number of benzene rings is 1. The number of aryl methyl sites for hydroxylation is 1. The minimum absolute atomic E-state index is 0.142. The molecule has 0 fully saturated rings. The number of carboxylic acid groups (broad SMARTS) is 1. The summed E-state index contributed by atoms with van der Waals surface area (Å²) in [6.07, 6.45) is 2.76. The molecule has 0 spiro atoms. The fourth-order valence-corrected chi connectivity index (χ4v) is 2.06. The van der Waals surface area contributed by atoms with Crippen molar-refractivity contribution >= 4 is 33.5 Å². The molecule has 0 atom stereocenters. The minimum Gasteiger partial charge on any atom is -0.478 e. The molecule has 0 aliphatic rings. The number of hydrogen-bond donors (Lipinski definition) is 1. The van der Waals surface area contributed by atoms with E-state index in [0.29, 0.717) is 5.02 Å². The van der Waals surface area contributed by atoms with E-state index in [-0.39, 0.29) is 5.56 Å². The Balaban J connectivity index is 2.52. The van der Waals surface area contributed by atoms with Crippen LogP contribution >= 0.6 is 27.5 Å². The van der Waals surface area contributed by atoms with Gasteiger partial charge < -0.3 is 5.11 Å². The number of hydrogen-bond acceptors (Lipinski definition) is 2. The molecule has 2 rings (SSSR count). The van der Waals surface area contributed by atoms with Crippen LogP contribution in [0.15, 0.2) is 29.0 Å². The van der Waals surface area contributed by atoms with Crippen LogP contribution in [-0.4, -0.2) is 20.9 Å². The zero-order valence-electron chi connectivity index (χ0n) is 8.82. The second-order valence-corrected chi connectivity index (χ2v) is 4.79. The van der Waals surface area contributed by atoms with Crippen molar-refractivity contribution in [3.8, 4) is 5.69 Å². The van der Waals surface area contributed by atoms with Gasteiger partial charge >= 0.3 is 5.97 Å². The van der Waals surface area contributed by atoms with Gasteiger partial charge in [0, 0.05) is 10.7 Å². The maximum absolute atomic E-state index is 10.8. The number of aromatic carboxylic acids is 1. The Morgan fingerprint density at radius 3 is 2.82 bits per heavy atom. The van der Waals surface area contributed by atoms with Gasteiger partial charge in [0.1, 0.15) is 0 Å². The van der Waals surface area contributed by atoms with Crippen molar-refractivity contribution in [1.29, 1.82) is 0 Å². The lowest BCUT2D eigenvalue weighted by Gasteiger charge is -2.07. The van der Waals surface area contributed by atoms with Crippen LogP contribution in [0.2, 0.25) is 5.02 Å². The standard InChI is InChI=1S/C11H8BrClN2O2/c1-6-2-8(12)9(13)3-10(6)15-5-7(4-14-15)11(16)17/h2-5H,1H3,(H,16,17). The highest BCUT2D eigenvalue weighted by Crippen LogP contribution is 2.27. The third-order valence-electron chi connectivity index (χ3n) is 2.32. The van der Waals surface area contributed by atoms with E-state index in [1.54, 1.807) is 6.07 Å². The molecule has 0 amide bonds. The van der Waals surface area contributed by atoms with Gasteiger partial charge in [-0.25, -0.2) is 9.48 Å². The van der Waals surface area contributed by atoms with Crippen molar-refractivity contribution in [2.24, 2.45) is 0 Å². The van der Waals surface area contributed by atoms with Gasteiger partial charge in [-0.3, -0.25) is 0 Å². The largest absolute Gasteiger partial charge is 0.478 e. The highest BCUT2D eigenvalue weighted by atomic mass is 79.9. The molecule has 0 saturated heterocycles. The number of carboxylic acids is 1. The molecular formula is C11H8BrClN2O2. The average molecular weight is 316 g/mol. The van der Waals surface area contributed by atoms with Crippen molar-refractivity contribution in [1.82, 2.24) is 9.78 Å². The molecule has 0 aliphatic carbocycles. The summed E-state index contributed by atoms with van der Waals surface area (Å²) in [4.78, 5) is 10.8. The van der Waals surface area contributed by atoms with E-state index in [9.17, 15) is 4.79 Å².